The lowest BCUT2D eigenvalue weighted by atomic mass is 10.0. The molecule has 1 amide bonds. The summed E-state index contributed by atoms with van der Waals surface area (Å²) in [6, 6.07) is 7.93. The Morgan fingerprint density at radius 2 is 1.83 bits per heavy atom. The SMILES string of the molecule is CC(C)C[C@@H](O)C(=O)N1CCN(c2nccc(-c3ccccc3C(F)F)n2)CC1. The van der Waals surface area contributed by atoms with E-state index in [-0.39, 0.29) is 17.4 Å². The molecule has 1 fully saturated rings. The van der Waals surface area contributed by atoms with Gasteiger partial charge in [0.15, 0.2) is 0 Å². The summed E-state index contributed by atoms with van der Waals surface area (Å²) in [5, 5.41) is 10.1. The first-order valence-electron chi connectivity index (χ1n) is 9.79. The van der Waals surface area contributed by atoms with Gasteiger partial charge in [-0.25, -0.2) is 18.7 Å². The van der Waals surface area contributed by atoms with Crippen molar-refractivity contribution in [3.63, 3.8) is 0 Å². The maximum atomic E-state index is 13.3. The lowest BCUT2D eigenvalue weighted by Gasteiger charge is -2.35. The zero-order valence-corrected chi connectivity index (χ0v) is 16.6. The monoisotopic (exact) mass is 404 g/mol. The van der Waals surface area contributed by atoms with Gasteiger partial charge in [0.1, 0.15) is 6.10 Å². The molecule has 156 valence electrons. The van der Waals surface area contributed by atoms with Crippen LogP contribution < -0.4 is 4.90 Å². The Balaban J connectivity index is 1.70. The first-order valence-corrected chi connectivity index (χ1v) is 9.79. The van der Waals surface area contributed by atoms with E-state index in [4.69, 9.17) is 0 Å². The molecule has 1 aromatic heterocycles. The summed E-state index contributed by atoms with van der Waals surface area (Å²) in [5.41, 5.74) is 0.764. The van der Waals surface area contributed by atoms with Gasteiger partial charge in [0.2, 0.25) is 5.95 Å². The molecule has 1 N–H and O–H groups in total. The second-order valence-corrected chi connectivity index (χ2v) is 7.59. The first-order chi connectivity index (χ1) is 13.9. The number of aliphatic hydroxyl groups is 1. The highest BCUT2D eigenvalue weighted by molar-refractivity contribution is 5.81. The Morgan fingerprint density at radius 3 is 2.48 bits per heavy atom. The molecule has 3 rings (SSSR count). The molecular formula is C21H26F2N4O2. The molecule has 1 saturated heterocycles. The van der Waals surface area contributed by atoms with Crippen LogP contribution in [0.2, 0.25) is 0 Å². The fourth-order valence-corrected chi connectivity index (χ4v) is 3.46. The molecule has 0 unspecified atom stereocenters. The predicted octanol–water partition coefficient (Wildman–Crippen LogP) is 3.14. The van der Waals surface area contributed by atoms with Gasteiger partial charge in [-0.05, 0) is 18.4 Å². The van der Waals surface area contributed by atoms with Gasteiger partial charge in [-0.15, -0.1) is 0 Å². The van der Waals surface area contributed by atoms with Gasteiger partial charge in [-0.3, -0.25) is 4.79 Å². The lowest BCUT2D eigenvalue weighted by molar-refractivity contribution is -0.141. The van der Waals surface area contributed by atoms with Crippen LogP contribution in [-0.2, 0) is 4.79 Å². The molecule has 1 aromatic carbocycles. The maximum Gasteiger partial charge on any atom is 0.264 e. The van der Waals surface area contributed by atoms with Crippen LogP contribution in [0.3, 0.4) is 0 Å². The number of benzene rings is 1. The summed E-state index contributed by atoms with van der Waals surface area (Å²) in [6.07, 6.45) is -1.57. The van der Waals surface area contributed by atoms with Crippen molar-refractivity contribution in [1.29, 1.82) is 0 Å². The minimum absolute atomic E-state index is 0.0632. The molecule has 6 nitrogen and oxygen atoms in total. The van der Waals surface area contributed by atoms with Crippen LogP contribution in [0.1, 0.15) is 32.3 Å². The Hall–Kier alpha value is -2.61. The molecule has 2 aromatic rings. The highest BCUT2D eigenvalue weighted by Crippen LogP contribution is 2.30. The van der Waals surface area contributed by atoms with E-state index in [2.05, 4.69) is 9.97 Å². The lowest BCUT2D eigenvalue weighted by Crippen LogP contribution is -2.52. The summed E-state index contributed by atoms with van der Waals surface area (Å²) >= 11 is 0. The number of halogens is 2. The van der Waals surface area contributed by atoms with Crippen LogP contribution in [0.4, 0.5) is 14.7 Å². The third-order valence-corrected chi connectivity index (χ3v) is 4.97. The minimum Gasteiger partial charge on any atom is -0.383 e. The Kier molecular flexibility index (Phi) is 6.74. The first kappa shape index (κ1) is 21.1. The molecule has 0 spiro atoms. The Labute approximate surface area is 169 Å². The van der Waals surface area contributed by atoms with E-state index in [1.54, 1.807) is 35.4 Å². The van der Waals surface area contributed by atoms with E-state index in [0.717, 1.165) is 0 Å². The number of carbonyl (C=O) groups excluding carboxylic acids is 1. The van der Waals surface area contributed by atoms with Crippen molar-refractivity contribution in [3.8, 4) is 11.3 Å². The number of carbonyl (C=O) groups is 1. The summed E-state index contributed by atoms with van der Waals surface area (Å²) in [5.74, 6) is 0.433. The number of aromatic nitrogens is 2. The van der Waals surface area contributed by atoms with E-state index in [0.29, 0.717) is 49.8 Å². The summed E-state index contributed by atoms with van der Waals surface area (Å²) in [4.78, 5) is 24.7. The number of hydrogen-bond donors (Lipinski definition) is 1. The zero-order chi connectivity index (χ0) is 21.0. The van der Waals surface area contributed by atoms with Crippen LogP contribution in [-0.4, -0.2) is 58.2 Å². The van der Waals surface area contributed by atoms with Gasteiger partial charge in [0.05, 0.1) is 5.69 Å². The van der Waals surface area contributed by atoms with Crippen molar-refractivity contribution in [2.75, 3.05) is 31.1 Å². The van der Waals surface area contributed by atoms with Crippen LogP contribution in [0.25, 0.3) is 11.3 Å². The predicted molar refractivity (Wildman–Crippen MR) is 107 cm³/mol. The third-order valence-electron chi connectivity index (χ3n) is 4.97. The van der Waals surface area contributed by atoms with Crippen molar-refractivity contribution in [2.45, 2.75) is 32.8 Å². The molecule has 8 heteroatoms. The molecule has 1 aliphatic heterocycles. The number of alkyl halides is 2. The zero-order valence-electron chi connectivity index (χ0n) is 16.6. The quantitative estimate of drug-likeness (QED) is 0.801. The molecule has 1 atom stereocenters. The number of aliphatic hydroxyl groups excluding tert-OH is 1. The highest BCUT2D eigenvalue weighted by atomic mass is 19.3. The van der Waals surface area contributed by atoms with E-state index >= 15 is 0 Å². The van der Waals surface area contributed by atoms with Crippen molar-refractivity contribution in [2.24, 2.45) is 5.92 Å². The smallest absolute Gasteiger partial charge is 0.264 e. The number of hydrogen-bond acceptors (Lipinski definition) is 5. The van der Waals surface area contributed by atoms with Gasteiger partial charge in [-0.1, -0.05) is 38.1 Å². The van der Waals surface area contributed by atoms with Crippen LogP contribution in [0.15, 0.2) is 36.5 Å². The van der Waals surface area contributed by atoms with Crippen molar-refractivity contribution >= 4 is 11.9 Å². The van der Waals surface area contributed by atoms with E-state index in [9.17, 15) is 18.7 Å². The number of anilines is 1. The van der Waals surface area contributed by atoms with Gasteiger partial charge in [0, 0.05) is 43.5 Å². The molecule has 29 heavy (non-hydrogen) atoms. The van der Waals surface area contributed by atoms with Gasteiger partial charge in [0.25, 0.3) is 12.3 Å². The second-order valence-electron chi connectivity index (χ2n) is 7.59. The molecule has 0 bridgehead atoms. The van der Waals surface area contributed by atoms with Crippen molar-refractivity contribution in [1.82, 2.24) is 14.9 Å². The average Bonchev–Trinajstić information content (AvgIpc) is 2.73. The molecule has 0 saturated carbocycles. The highest BCUT2D eigenvalue weighted by Gasteiger charge is 2.27. The molecular weight excluding hydrogens is 378 g/mol. The molecule has 1 aliphatic rings. The summed E-state index contributed by atoms with van der Waals surface area (Å²) in [6.45, 7) is 5.86. The number of piperazine rings is 1. The van der Waals surface area contributed by atoms with Crippen LogP contribution >= 0.6 is 0 Å². The largest absolute Gasteiger partial charge is 0.383 e. The summed E-state index contributed by atoms with van der Waals surface area (Å²) < 4.78 is 26.6. The van der Waals surface area contributed by atoms with Gasteiger partial charge < -0.3 is 14.9 Å². The summed E-state index contributed by atoms with van der Waals surface area (Å²) in [7, 11) is 0. The average molecular weight is 404 g/mol. The topological polar surface area (TPSA) is 69.6 Å². The molecule has 0 radical (unpaired) electrons. The van der Waals surface area contributed by atoms with Crippen molar-refractivity contribution < 1.29 is 18.7 Å². The fourth-order valence-electron chi connectivity index (χ4n) is 3.46. The van der Waals surface area contributed by atoms with E-state index < -0.39 is 12.5 Å². The van der Waals surface area contributed by atoms with Gasteiger partial charge in [-0.2, -0.15) is 0 Å². The second kappa shape index (κ2) is 9.26. The Bertz CT molecular complexity index is 839. The van der Waals surface area contributed by atoms with Crippen LogP contribution in [0.5, 0.6) is 0 Å². The maximum absolute atomic E-state index is 13.3. The Morgan fingerprint density at radius 1 is 1.14 bits per heavy atom. The number of nitrogens with zero attached hydrogens (tertiary/aromatic N) is 4. The van der Waals surface area contributed by atoms with Crippen molar-refractivity contribution in [3.05, 3.63) is 42.1 Å². The normalized spacial score (nSPS) is 15.8. The van der Waals surface area contributed by atoms with Crippen LogP contribution in [0, 0.1) is 5.92 Å². The minimum atomic E-state index is -2.59. The van der Waals surface area contributed by atoms with E-state index in [1.807, 2.05) is 18.7 Å². The molecule has 0 aliphatic carbocycles. The fraction of sp³-hybridized carbons (Fsp3) is 0.476. The third kappa shape index (κ3) is 5.06. The standard InChI is InChI=1S/C21H26F2N4O2/c1-14(2)13-18(28)20(29)26-9-11-27(12-10-26)21-24-8-7-17(25-21)15-5-3-4-6-16(15)19(22)23/h3-8,14,18-19,28H,9-13H2,1-2H3/t18-/m1/s1. The van der Waals surface area contributed by atoms with Gasteiger partial charge >= 0.3 is 0 Å². The number of amides is 1. The molecule has 2 heterocycles. The van der Waals surface area contributed by atoms with E-state index in [1.165, 1.54) is 6.07 Å². The number of rotatable bonds is 6.